The zero-order valence-electron chi connectivity index (χ0n) is 25.1. The summed E-state index contributed by atoms with van der Waals surface area (Å²) in [7, 11) is 0. The third-order valence-corrected chi connectivity index (χ3v) is 16.0. The van der Waals surface area contributed by atoms with Gasteiger partial charge in [-0.15, -0.1) is 0 Å². The second kappa shape index (κ2) is 11.0. The third-order valence-electron chi connectivity index (χ3n) is 8.00. The maximum absolute atomic E-state index is 2.53. The Hall–Kier alpha value is -0.747. The second-order valence-electron chi connectivity index (χ2n) is 14.2. The Morgan fingerprint density at radius 1 is 0.730 bits per heavy atom. The number of fused-ring (bicyclic) bond motifs is 3. The van der Waals surface area contributed by atoms with Crippen LogP contribution in [0.15, 0.2) is 50.8 Å². The summed E-state index contributed by atoms with van der Waals surface area (Å²) in [6.45, 7) is 28.6. The molecule has 3 heteroatoms. The molecule has 200 valence electrons. The van der Waals surface area contributed by atoms with Gasteiger partial charge in [0.25, 0.3) is 0 Å². The fraction of sp³-hybridized carbons (Fsp3) is 0.500. The molecule has 0 aromatic heterocycles. The standard InChI is InChI=1S/C21H25.C10H15.C3H6.2ClH.Zr/c1-20(2,3)16-7-9-18-14(12-16)11-15-13-17(21(4,5)6)8-10-19(15)18;1-8-5-6-9(7-8)10(2,3)4;1-3-2;;;/h7-10,12H,11H2,1-6H3;7H,6H2,1-4H3;1-2H3;2*1H;/q;;;;;+2/p-2. The molecule has 0 unspecified atom stereocenters. The molecule has 2 aromatic rings. The fourth-order valence-electron chi connectivity index (χ4n) is 5.85. The van der Waals surface area contributed by atoms with Crippen molar-refractivity contribution in [3.63, 3.8) is 0 Å². The van der Waals surface area contributed by atoms with E-state index in [1.807, 2.05) is 3.28 Å². The predicted octanol–water partition coefficient (Wildman–Crippen LogP) is 2.97. The van der Waals surface area contributed by atoms with Gasteiger partial charge in [-0.1, -0.05) is 0 Å². The maximum Gasteiger partial charge on any atom is -1.00 e. The summed E-state index contributed by atoms with van der Waals surface area (Å²) >= 11 is -2.28. The first-order valence-electron chi connectivity index (χ1n) is 13.4. The summed E-state index contributed by atoms with van der Waals surface area (Å²) in [6.07, 6.45) is 4.81. The van der Waals surface area contributed by atoms with Crippen LogP contribution >= 0.6 is 0 Å². The zero-order valence-corrected chi connectivity index (χ0v) is 29.1. The van der Waals surface area contributed by atoms with Crippen molar-refractivity contribution in [1.29, 1.82) is 0 Å². The van der Waals surface area contributed by atoms with E-state index in [9.17, 15) is 0 Å². The van der Waals surface area contributed by atoms with Gasteiger partial charge in [0.1, 0.15) is 0 Å². The number of rotatable bonds is 2. The molecular formula is C34H46Cl2Zr. The SMILES string of the molecule is CC1=[C]([Zr+2](=[C](C)C)[c]2c(C(C)(C)C)ccc3c2Cc2cc(C(C)(C)C)ccc2-3)CC(C(C)(C)C)=C1.[Cl-].[Cl-]. The van der Waals surface area contributed by atoms with Crippen LogP contribution < -0.4 is 28.1 Å². The van der Waals surface area contributed by atoms with Crippen molar-refractivity contribution in [3.8, 4) is 11.1 Å². The van der Waals surface area contributed by atoms with Crippen LogP contribution in [0, 0.1) is 5.41 Å². The molecule has 0 nitrogen and oxygen atoms in total. The molecule has 0 heterocycles. The Morgan fingerprint density at radius 2 is 1.32 bits per heavy atom. The van der Waals surface area contributed by atoms with E-state index in [0.29, 0.717) is 0 Å². The van der Waals surface area contributed by atoms with Crippen molar-refractivity contribution in [2.24, 2.45) is 5.41 Å². The Balaban J connectivity index is 0.00000241. The van der Waals surface area contributed by atoms with E-state index in [-0.39, 0.29) is 41.1 Å². The molecule has 0 saturated heterocycles. The average Bonchev–Trinajstić information content (AvgIpc) is 3.27. The van der Waals surface area contributed by atoms with Crippen molar-refractivity contribution in [2.75, 3.05) is 0 Å². The van der Waals surface area contributed by atoms with E-state index >= 15 is 0 Å². The van der Waals surface area contributed by atoms with E-state index in [0.717, 1.165) is 6.42 Å². The van der Waals surface area contributed by atoms with Crippen LogP contribution in [0.25, 0.3) is 11.1 Å². The van der Waals surface area contributed by atoms with Gasteiger partial charge in [-0.25, -0.2) is 0 Å². The topological polar surface area (TPSA) is 0 Å². The summed E-state index contributed by atoms with van der Waals surface area (Å²) in [5, 5.41) is 0. The Morgan fingerprint density at radius 3 is 1.81 bits per heavy atom. The predicted molar refractivity (Wildman–Crippen MR) is 153 cm³/mol. The third kappa shape index (κ3) is 6.21. The minimum absolute atomic E-state index is 0. The van der Waals surface area contributed by atoms with Crippen LogP contribution in [0.3, 0.4) is 0 Å². The van der Waals surface area contributed by atoms with Gasteiger partial charge in [-0.3, -0.25) is 0 Å². The van der Waals surface area contributed by atoms with Gasteiger partial charge in [-0.05, 0) is 0 Å². The molecular weight excluding hydrogens is 571 g/mol. The number of hydrogen-bond donors (Lipinski definition) is 0. The number of allylic oxidation sites excluding steroid dienone is 4. The van der Waals surface area contributed by atoms with E-state index < -0.39 is 21.3 Å². The molecule has 0 aliphatic heterocycles. The number of benzene rings is 2. The first-order chi connectivity index (χ1) is 16.0. The molecule has 0 bridgehead atoms. The van der Waals surface area contributed by atoms with Crippen molar-refractivity contribution in [3.05, 3.63) is 73.1 Å². The summed E-state index contributed by atoms with van der Waals surface area (Å²) in [6, 6.07) is 12.2. The fourth-order valence-corrected chi connectivity index (χ4v) is 14.4. The molecule has 37 heavy (non-hydrogen) atoms. The first-order valence-corrected chi connectivity index (χ1v) is 17.1. The zero-order chi connectivity index (χ0) is 26.1. The van der Waals surface area contributed by atoms with Gasteiger partial charge in [0.2, 0.25) is 0 Å². The molecule has 0 N–H and O–H groups in total. The van der Waals surface area contributed by atoms with Gasteiger partial charge in [0, 0.05) is 0 Å². The number of hydrogen-bond acceptors (Lipinski definition) is 0. The van der Waals surface area contributed by atoms with E-state index in [2.05, 4.69) is 119 Å². The van der Waals surface area contributed by atoms with E-state index in [1.54, 1.807) is 28.8 Å². The molecule has 2 aliphatic rings. The van der Waals surface area contributed by atoms with Crippen LogP contribution in [-0.4, -0.2) is 3.21 Å². The van der Waals surface area contributed by atoms with Crippen molar-refractivity contribution < 1.29 is 46.1 Å². The molecule has 0 amide bonds. The van der Waals surface area contributed by atoms with Crippen molar-refractivity contribution in [1.82, 2.24) is 0 Å². The molecule has 0 fully saturated rings. The molecule has 2 aliphatic carbocycles. The first kappa shape index (κ1) is 32.5. The van der Waals surface area contributed by atoms with E-state index in [4.69, 9.17) is 0 Å². The minimum atomic E-state index is -2.28. The molecule has 2 aromatic carbocycles. The van der Waals surface area contributed by atoms with Gasteiger partial charge < -0.3 is 24.8 Å². The van der Waals surface area contributed by atoms with E-state index in [1.165, 1.54) is 28.7 Å². The quantitative estimate of drug-likeness (QED) is 0.416. The molecule has 0 radical (unpaired) electrons. The normalized spacial score (nSPS) is 14.7. The van der Waals surface area contributed by atoms with Crippen LogP contribution in [0.4, 0.5) is 0 Å². The molecule has 0 atom stereocenters. The number of halogens is 2. The van der Waals surface area contributed by atoms with Gasteiger partial charge in [-0.2, -0.15) is 0 Å². The molecule has 0 saturated carbocycles. The van der Waals surface area contributed by atoms with Crippen molar-refractivity contribution in [2.45, 2.75) is 107 Å². The summed E-state index contributed by atoms with van der Waals surface area (Å²) in [4.78, 5) is 0. The summed E-state index contributed by atoms with van der Waals surface area (Å²) in [5.74, 6) is 0. The largest absolute Gasteiger partial charge is 1.00 e. The van der Waals surface area contributed by atoms with Gasteiger partial charge in [0.05, 0.1) is 0 Å². The van der Waals surface area contributed by atoms with Gasteiger partial charge >= 0.3 is 224 Å². The van der Waals surface area contributed by atoms with Crippen LogP contribution in [0.5, 0.6) is 0 Å². The van der Waals surface area contributed by atoms with Crippen LogP contribution in [0.1, 0.15) is 112 Å². The van der Waals surface area contributed by atoms with Crippen molar-refractivity contribution >= 4 is 6.48 Å². The second-order valence-corrected chi connectivity index (χ2v) is 21.2. The van der Waals surface area contributed by atoms with Gasteiger partial charge in [0.15, 0.2) is 0 Å². The minimum Gasteiger partial charge on any atom is -1.00 e. The Bertz CT molecular complexity index is 1300. The summed E-state index contributed by atoms with van der Waals surface area (Å²) in [5.41, 5.74) is 12.9. The Kier molecular flexibility index (Phi) is 9.67. The maximum atomic E-state index is 2.53. The average molecular weight is 617 g/mol. The van der Waals surface area contributed by atoms with Crippen LogP contribution in [-0.2, 0) is 38.5 Å². The smallest absolute Gasteiger partial charge is 1.00 e. The monoisotopic (exact) mass is 614 g/mol. The Labute approximate surface area is 247 Å². The van der Waals surface area contributed by atoms with Crippen LogP contribution in [0.2, 0.25) is 0 Å². The summed E-state index contributed by atoms with van der Waals surface area (Å²) < 4.78 is 5.29. The molecule has 4 rings (SSSR count). The molecule has 0 spiro atoms.